The van der Waals surface area contributed by atoms with E-state index >= 15 is 0 Å². The van der Waals surface area contributed by atoms with Crippen molar-refractivity contribution in [3.05, 3.63) is 17.2 Å². The van der Waals surface area contributed by atoms with Gasteiger partial charge in [-0.15, -0.1) is 0 Å². The molecule has 0 spiro atoms. The highest BCUT2D eigenvalue weighted by Crippen LogP contribution is 2.13. The molecule has 0 aliphatic carbocycles. The fourth-order valence-corrected chi connectivity index (χ4v) is 1.57. The number of aromatic nitrogens is 2. The molecule has 0 atom stereocenters. The lowest BCUT2D eigenvalue weighted by molar-refractivity contribution is -0.122. The second kappa shape index (κ2) is 2.33. The van der Waals surface area contributed by atoms with Crippen LogP contribution in [0.3, 0.4) is 0 Å². The van der Waals surface area contributed by atoms with Crippen LogP contribution in [-0.2, 0) is 17.9 Å². The molecule has 4 nitrogen and oxygen atoms in total. The summed E-state index contributed by atoms with van der Waals surface area (Å²) in [4.78, 5) is 15.3. The van der Waals surface area contributed by atoms with Crippen LogP contribution in [0.1, 0.15) is 17.2 Å². The number of amides is 1. The summed E-state index contributed by atoms with van der Waals surface area (Å²) in [5.41, 5.74) is 2.15. The van der Waals surface area contributed by atoms with Gasteiger partial charge in [0.2, 0.25) is 5.91 Å². The van der Waals surface area contributed by atoms with Gasteiger partial charge in [-0.25, -0.2) is 4.98 Å². The van der Waals surface area contributed by atoms with Gasteiger partial charge in [0.05, 0.1) is 17.9 Å². The van der Waals surface area contributed by atoms with Crippen molar-refractivity contribution < 1.29 is 4.79 Å². The van der Waals surface area contributed by atoms with Crippen LogP contribution in [0.15, 0.2) is 0 Å². The molecule has 2 rings (SSSR count). The summed E-state index contributed by atoms with van der Waals surface area (Å²) in [6, 6.07) is 0. The molecule has 2 heterocycles. The minimum atomic E-state index is 0.0722. The number of imidazole rings is 1. The van der Waals surface area contributed by atoms with E-state index < -0.39 is 0 Å². The van der Waals surface area contributed by atoms with Gasteiger partial charge in [0.1, 0.15) is 12.4 Å². The summed E-state index contributed by atoms with van der Waals surface area (Å²) in [5.74, 6) is 1.00. The fourth-order valence-electron chi connectivity index (χ4n) is 1.57. The second-order valence-corrected chi connectivity index (χ2v) is 3.05. The average molecular weight is 165 g/mol. The van der Waals surface area contributed by atoms with Gasteiger partial charge in [0.15, 0.2) is 0 Å². The zero-order valence-electron chi connectivity index (χ0n) is 7.22. The molecule has 12 heavy (non-hydrogen) atoms. The number of nitrogens with zero attached hydrogens (tertiary/aromatic N) is 2. The van der Waals surface area contributed by atoms with Crippen LogP contribution in [0.25, 0.3) is 0 Å². The van der Waals surface area contributed by atoms with Crippen molar-refractivity contribution in [2.45, 2.75) is 26.9 Å². The van der Waals surface area contributed by atoms with Gasteiger partial charge in [-0.3, -0.25) is 4.79 Å². The first-order chi connectivity index (χ1) is 5.68. The predicted molar refractivity (Wildman–Crippen MR) is 43.5 cm³/mol. The number of fused-ring (bicyclic) bond motifs is 1. The second-order valence-electron chi connectivity index (χ2n) is 3.05. The van der Waals surface area contributed by atoms with E-state index in [4.69, 9.17) is 0 Å². The third-order valence-electron chi connectivity index (χ3n) is 2.22. The number of hydrogen-bond donors (Lipinski definition) is 1. The summed E-state index contributed by atoms with van der Waals surface area (Å²) in [6.45, 7) is 4.93. The lowest BCUT2D eigenvalue weighted by Gasteiger charge is -2.16. The van der Waals surface area contributed by atoms with Crippen molar-refractivity contribution in [3.8, 4) is 0 Å². The Morgan fingerprint density at radius 3 is 3.00 bits per heavy atom. The van der Waals surface area contributed by atoms with Crippen LogP contribution >= 0.6 is 0 Å². The Balaban J connectivity index is 2.51. The molecule has 64 valence electrons. The first-order valence-electron chi connectivity index (χ1n) is 3.98. The average Bonchev–Trinajstić information content (AvgIpc) is 2.28. The standard InChI is InChI=1S/C8H11N3O/c1-5-7-3-9-8(12)4-11(7)6(2)10-5/h3-4H2,1-2H3,(H,9,12). The van der Waals surface area contributed by atoms with Crippen molar-refractivity contribution in [1.29, 1.82) is 0 Å². The van der Waals surface area contributed by atoms with Crippen LogP contribution in [-0.4, -0.2) is 15.5 Å². The lowest BCUT2D eigenvalue weighted by atomic mass is 10.3. The van der Waals surface area contributed by atoms with Crippen LogP contribution in [0.2, 0.25) is 0 Å². The molecule has 1 aliphatic heterocycles. The zero-order valence-corrected chi connectivity index (χ0v) is 7.22. The predicted octanol–water partition coefficient (Wildman–Crippen LogP) is 0.130. The Kier molecular flexibility index (Phi) is 1.43. The maximum atomic E-state index is 11.0. The minimum absolute atomic E-state index is 0.0722. The largest absolute Gasteiger partial charge is 0.349 e. The van der Waals surface area contributed by atoms with Crippen molar-refractivity contribution in [3.63, 3.8) is 0 Å². The van der Waals surface area contributed by atoms with E-state index in [1.807, 2.05) is 18.4 Å². The van der Waals surface area contributed by atoms with Crippen molar-refractivity contribution >= 4 is 5.91 Å². The summed E-state index contributed by atoms with van der Waals surface area (Å²) >= 11 is 0. The molecular formula is C8H11N3O. The van der Waals surface area contributed by atoms with Crippen LogP contribution in [0.4, 0.5) is 0 Å². The van der Waals surface area contributed by atoms with Crippen LogP contribution in [0, 0.1) is 13.8 Å². The van der Waals surface area contributed by atoms with Crippen molar-refractivity contribution in [1.82, 2.24) is 14.9 Å². The highest BCUT2D eigenvalue weighted by Gasteiger charge is 2.18. The Hall–Kier alpha value is -1.32. The van der Waals surface area contributed by atoms with Gasteiger partial charge in [-0.2, -0.15) is 0 Å². The molecule has 1 amide bonds. The topological polar surface area (TPSA) is 46.9 Å². The number of nitrogens with one attached hydrogen (secondary N) is 1. The first-order valence-corrected chi connectivity index (χ1v) is 3.98. The first kappa shape index (κ1) is 7.34. The van der Waals surface area contributed by atoms with Gasteiger partial charge in [0, 0.05) is 0 Å². The summed E-state index contributed by atoms with van der Waals surface area (Å²) in [7, 11) is 0. The Morgan fingerprint density at radius 2 is 2.25 bits per heavy atom. The molecule has 1 aromatic heterocycles. The number of rotatable bonds is 0. The van der Waals surface area contributed by atoms with Crippen molar-refractivity contribution in [2.24, 2.45) is 0 Å². The molecule has 4 heteroatoms. The molecule has 0 unspecified atom stereocenters. The third kappa shape index (κ3) is 0.913. The molecule has 1 aromatic rings. The van der Waals surface area contributed by atoms with E-state index in [1.54, 1.807) is 0 Å². The molecule has 0 aromatic carbocycles. The number of carbonyl (C=O) groups excluding carboxylic acids is 1. The number of aryl methyl sites for hydroxylation is 2. The van der Waals surface area contributed by atoms with E-state index in [-0.39, 0.29) is 5.91 Å². The van der Waals surface area contributed by atoms with Gasteiger partial charge in [0.25, 0.3) is 0 Å². The Morgan fingerprint density at radius 1 is 1.50 bits per heavy atom. The summed E-state index contributed by atoms with van der Waals surface area (Å²) < 4.78 is 1.97. The third-order valence-corrected chi connectivity index (χ3v) is 2.22. The van der Waals surface area contributed by atoms with Crippen molar-refractivity contribution in [2.75, 3.05) is 0 Å². The van der Waals surface area contributed by atoms with E-state index in [0.29, 0.717) is 13.1 Å². The molecule has 0 bridgehead atoms. The quantitative estimate of drug-likeness (QED) is 0.594. The minimum Gasteiger partial charge on any atom is -0.349 e. The number of hydrogen-bond acceptors (Lipinski definition) is 2. The Labute approximate surface area is 70.6 Å². The molecular weight excluding hydrogens is 154 g/mol. The fraction of sp³-hybridized carbons (Fsp3) is 0.500. The molecule has 0 radical (unpaired) electrons. The molecule has 1 aliphatic rings. The normalized spacial score (nSPS) is 15.7. The van der Waals surface area contributed by atoms with Gasteiger partial charge < -0.3 is 9.88 Å². The zero-order chi connectivity index (χ0) is 8.72. The van der Waals surface area contributed by atoms with Crippen LogP contribution < -0.4 is 5.32 Å². The summed E-state index contributed by atoms with van der Waals surface area (Å²) in [6.07, 6.45) is 0. The van der Waals surface area contributed by atoms with Gasteiger partial charge in [-0.05, 0) is 13.8 Å². The van der Waals surface area contributed by atoms with E-state index in [0.717, 1.165) is 17.2 Å². The summed E-state index contributed by atoms with van der Waals surface area (Å²) in [5, 5.41) is 2.79. The molecule has 0 fully saturated rings. The SMILES string of the molecule is Cc1nc(C)n2c1CNC(=O)C2. The van der Waals surface area contributed by atoms with Gasteiger partial charge in [-0.1, -0.05) is 0 Å². The monoisotopic (exact) mass is 165 g/mol. The Bertz CT molecular complexity index is 340. The van der Waals surface area contributed by atoms with E-state index in [2.05, 4.69) is 10.3 Å². The highest BCUT2D eigenvalue weighted by atomic mass is 16.2. The maximum Gasteiger partial charge on any atom is 0.240 e. The maximum absolute atomic E-state index is 11.0. The molecule has 1 N–H and O–H groups in total. The lowest BCUT2D eigenvalue weighted by Crippen LogP contribution is -2.34. The van der Waals surface area contributed by atoms with Crippen LogP contribution in [0.5, 0.6) is 0 Å². The van der Waals surface area contributed by atoms with E-state index in [1.165, 1.54) is 0 Å². The highest BCUT2D eigenvalue weighted by molar-refractivity contribution is 5.76. The smallest absolute Gasteiger partial charge is 0.240 e. The number of carbonyl (C=O) groups is 1. The molecule has 0 saturated heterocycles. The molecule has 0 saturated carbocycles. The van der Waals surface area contributed by atoms with Gasteiger partial charge >= 0.3 is 0 Å². The van der Waals surface area contributed by atoms with E-state index in [9.17, 15) is 4.79 Å².